The third-order valence-corrected chi connectivity index (χ3v) is 0.943. The number of hydrogen-bond donors (Lipinski definition) is 0. The summed E-state index contributed by atoms with van der Waals surface area (Å²) in [5, 5.41) is 0.808. The highest BCUT2D eigenvalue weighted by atomic mass is 16.9. The first-order valence-corrected chi connectivity index (χ1v) is 3.30. The Morgan fingerprint density at radius 1 is 1.64 bits per heavy atom. The fraction of sp³-hybridized carbons (Fsp3) is 0.571. The second-order valence-electron chi connectivity index (χ2n) is 1.94. The molecule has 0 heterocycles. The van der Waals surface area contributed by atoms with E-state index >= 15 is 0 Å². The second-order valence-corrected chi connectivity index (χ2v) is 1.94. The summed E-state index contributed by atoms with van der Waals surface area (Å²) in [6.07, 6.45) is 0. The molecule has 0 aliphatic rings. The van der Waals surface area contributed by atoms with E-state index in [1.54, 1.807) is 13.8 Å². The topological polar surface area (TPSA) is 38.8 Å². The van der Waals surface area contributed by atoms with Gasteiger partial charge < -0.3 is 0 Å². The molecule has 0 spiro atoms. The van der Waals surface area contributed by atoms with Crippen molar-refractivity contribution >= 4 is 5.91 Å². The highest BCUT2D eigenvalue weighted by Gasteiger charge is 2.13. The van der Waals surface area contributed by atoms with Crippen molar-refractivity contribution in [2.24, 2.45) is 0 Å². The van der Waals surface area contributed by atoms with Gasteiger partial charge in [-0.3, -0.25) is 4.79 Å². The molecule has 0 aromatic heterocycles. The maximum absolute atomic E-state index is 11.0. The molecule has 0 aromatic carbocycles. The van der Waals surface area contributed by atoms with E-state index in [9.17, 15) is 4.79 Å². The van der Waals surface area contributed by atoms with Crippen LogP contribution in [0.2, 0.25) is 0 Å². The zero-order valence-electron chi connectivity index (χ0n) is 7.09. The average Bonchev–Trinajstić information content (AvgIpc) is 1.98. The van der Waals surface area contributed by atoms with E-state index in [4.69, 9.17) is 4.84 Å². The van der Waals surface area contributed by atoms with Crippen molar-refractivity contribution < 1.29 is 14.5 Å². The molecule has 0 fully saturated rings. The van der Waals surface area contributed by atoms with Gasteiger partial charge in [-0.1, -0.05) is 11.8 Å². The van der Waals surface area contributed by atoms with Crippen LogP contribution in [0.25, 0.3) is 0 Å². The Balaban J connectivity index is 4.02. The van der Waals surface area contributed by atoms with Crippen LogP contribution < -0.4 is 0 Å². The minimum Gasteiger partial charge on any atom is -0.265 e. The van der Waals surface area contributed by atoms with Gasteiger partial charge in [-0.25, -0.2) is 9.68 Å². The van der Waals surface area contributed by atoms with Crippen LogP contribution >= 0.6 is 0 Å². The number of nitrogens with zero attached hydrogens (tertiary/aromatic N) is 1. The van der Waals surface area contributed by atoms with E-state index in [1.165, 1.54) is 7.11 Å². The van der Waals surface area contributed by atoms with E-state index in [1.807, 2.05) is 0 Å². The van der Waals surface area contributed by atoms with Crippen LogP contribution in [0, 0.1) is 0 Å². The maximum atomic E-state index is 11.0. The quantitative estimate of drug-likeness (QED) is 0.452. The van der Waals surface area contributed by atoms with Crippen LogP contribution in [0.1, 0.15) is 13.8 Å². The number of carbonyl (C=O) groups excluding carboxylic acids is 1. The van der Waals surface area contributed by atoms with Gasteiger partial charge >= 0.3 is 0 Å². The fourth-order valence-electron chi connectivity index (χ4n) is 0.467. The molecule has 0 N–H and O–H groups in total. The van der Waals surface area contributed by atoms with Crippen molar-refractivity contribution in [3.8, 4) is 0 Å². The molecule has 64 valence electrons. The monoisotopic (exact) mass is 159 g/mol. The predicted octanol–water partition coefficient (Wildman–Crippen LogP) is 0.904. The number of hydrogen-bond acceptors (Lipinski definition) is 3. The molecular formula is C7H13NO3. The molecule has 0 aromatic rings. The van der Waals surface area contributed by atoms with Crippen LogP contribution in [-0.4, -0.2) is 24.9 Å². The van der Waals surface area contributed by atoms with Crippen molar-refractivity contribution in [1.29, 1.82) is 0 Å². The number of amides is 1. The maximum Gasteiger partial charge on any atom is 0.299 e. The summed E-state index contributed by atoms with van der Waals surface area (Å²) in [5.41, 5.74) is 0.375. The molecule has 0 bridgehead atoms. The normalized spacial score (nSPS) is 9.36. The van der Waals surface area contributed by atoms with Crippen molar-refractivity contribution in [3.63, 3.8) is 0 Å². The molecule has 1 amide bonds. The second kappa shape index (κ2) is 4.87. The highest BCUT2D eigenvalue weighted by Crippen LogP contribution is 1.99. The molecular weight excluding hydrogens is 146 g/mol. The molecule has 0 atom stereocenters. The van der Waals surface area contributed by atoms with Crippen molar-refractivity contribution in [1.82, 2.24) is 5.23 Å². The van der Waals surface area contributed by atoms with Gasteiger partial charge in [0.2, 0.25) is 0 Å². The summed E-state index contributed by atoms with van der Waals surface area (Å²) in [4.78, 5) is 20.5. The standard InChI is InChI=1S/C7H13NO3/c1-5-11-8(10-4)7(9)6(2)3/h2,5H2,1,3-4H3. The van der Waals surface area contributed by atoms with Gasteiger partial charge in [0, 0.05) is 5.57 Å². The molecule has 0 radical (unpaired) electrons. The Hall–Kier alpha value is -0.870. The number of rotatable bonds is 4. The third-order valence-electron chi connectivity index (χ3n) is 0.943. The van der Waals surface area contributed by atoms with E-state index in [0.29, 0.717) is 12.2 Å². The van der Waals surface area contributed by atoms with Crippen LogP contribution in [0.5, 0.6) is 0 Å². The Morgan fingerprint density at radius 3 is 2.45 bits per heavy atom. The molecule has 11 heavy (non-hydrogen) atoms. The summed E-state index contributed by atoms with van der Waals surface area (Å²) in [6, 6.07) is 0. The van der Waals surface area contributed by atoms with E-state index in [2.05, 4.69) is 11.4 Å². The SMILES string of the molecule is C=C(C)C(=O)N(OC)OCC. The highest BCUT2D eigenvalue weighted by molar-refractivity contribution is 5.90. The van der Waals surface area contributed by atoms with Gasteiger partial charge in [-0.2, -0.15) is 0 Å². The first kappa shape index (κ1) is 10.1. The average molecular weight is 159 g/mol. The lowest BCUT2D eigenvalue weighted by atomic mass is 10.3. The zero-order valence-corrected chi connectivity index (χ0v) is 7.09. The Kier molecular flexibility index (Phi) is 4.49. The van der Waals surface area contributed by atoms with Crippen molar-refractivity contribution in [2.75, 3.05) is 13.7 Å². The lowest BCUT2D eigenvalue weighted by Gasteiger charge is -2.16. The van der Waals surface area contributed by atoms with Gasteiger partial charge in [-0.15, -0.1) is 0 Å². The Bertz CT molecular complexity index is 156. The molecule has 0 aliphatic carbocycles. The molecule has 4 nitrogen and oxygen atoms in total. The van der Waals surface area contributed by atoms with Crippen LogP contribution in [-0.2, 0) is 14.5 Å². The first-order chi connectivity index (χ1) is 5.13. The van der Waals surface area contributed by atoms with E-state index in [-0.39, 0.29) is 5.91 Å². The van der Waals surface area contributed by atoms with E-state index in [0.717, 1.165) is 5.23 Å². The number of carbonyl (C=O) groups is 1. The Morgan fingerprint density at radius 2 is 2.18 bits per heavy atom. The van der Waals surface area contributed by atoms with Gasteiger partial charge in [0.25, 0.3) is 5.91 Å². The Labute approximate surface area is 66.3 Å². The molecule has 0 rings (SSSR count). The molecule has 0 saturated heterocycles. The third kappa shape index (κ3) is 3.15. The summed E-state index contributed by atoms with van der Waals surface area (Å²) < 4.78 is 0. The molecule has 0 unspecified atom stereocenters. The minimum absolute atomic E-state index is 0.366. The lowest BCUT2D eigenvalue weighted by molar-refractivity contribution is -0.325. The summed E-state index contributed by atoms with van der Waals surface area (Å²) >= 11 is 0. The van der Waals surface area contributed by atoms with Crippen molar-refractivity contribution in [3.05, 3.63) is 12.2 Å². The van der Waals surface area contributed by atoms with Crippen molar-refractivity contribution in [2.45, 2.75) is 13.8 Å². The molecule has 0 saturated carbocycles. The van der Waals surface area contributed by atoms with E-state index < -0.39 is 0 Å². The minimum atomic E-state index is -0.366. The summed E-state index contributed by atoms with van der Waals surface area (Å²) in [5.74, 6) is -0.366. The van der Waals surface area contributed by atoms with Gasteiger partial charge in [0.05, 0.1) is 13.7 Å². The van der Waals surface area contributed by atoms with Crippen LogP contribution in [0.15, 0.2) is 12.2 Å². The summed E-state index contributed by atoms with van der Waals surface area (Å²) in [7, 11) is 1.36. The van der Waals surface area contributed by atoms with Gasteiger partial charge in [0.1, 0.15) is 0 Å². The molecule has 4 heteroatoms. The zero-order chi connectivity index (χ0) is 8.85. The fourth-order valence-corrected chi connectivity index (χ4v) is 0.467. The molecule has 0 aliphatic heterocycles. The van der Waals surface area contributed by atoms with Crippen LogP contribution in [0.3, 0.4) is 0 Å². The lowest BCUT2D eigenvalue weighted by Crippen LogP contribution is -2.30. The summed E-state index contributed by atoms with van der Waals surface area (Å²) in [6.45, 7) is 7.19. The first-order valence-electron chi connectivity index (χ1n) is 3.30. The smallest absolute Gasteiger partial charge is 0.265 e. The predicted molar refractivity (Wildman–Crippen MR) is 40.3 cm³/mol. The van der Waals surface area contributed by atoms with Crippen LogP contribution in [0.4, 0.5) is 0 Å². The largest absolute Gasteiger partial charge is 0.299 e. The number of hydroxylamine groups is 2. The van der Waals surface area contributed by atoms with Gasteiger partial charge in [0.15, 0.2) is 0 Å². The van der Waals surface area contributed by atoms with Gasteiger partial charge in [-0.05, 0) is 13.8 Å².